The van der Waals surface area contributed by atoms with E-state index in [1.165, 1.54) is 24.1 Å². The minimum absolute atomic E-state index is 0.0648. The summed E-state index contributed by atoms with van der Waals surface area (Å²) in [4.78, 5) is 14.0. The summed E-state index contributed by atoms with van der Waals surface area (Å²) in [5.41, 5.74) is 2.69. The van der Waals surface area contributed by atoms with Gasteiger partial charge < -0.3 is 30.0 Å². The summed E-state index contributed by atoms with van der Waals surface area (Å²) in [7, 11) is 0. The molecule has 34 heavy (non-hydrogen) atoms. The normalized spacial score (nSPS) is 14.8. The van der Waals surface area contributed by atoms with Gasteiger partial charge in [0.15, 0.2) is 12.2 Å². The number of aromatic nitrogens is 1. The number of nitrogens with zero attached hydrogens (tertiary/aromatic N) is 1. The maximum absolute atomic E-state index is 11.9. The molecule has 0 aliphatic carbocycles. The number of halogens is 3. The lowest BCUT2D eigenvalue weighted by atomic mass is 10.1. The Bertz CT molecular complexity index is 990. The molecule has 2 heterocycles. The van der Waals surface area contributed by atoms with Crippen molar-refractivity contribution in [1.29, 1.82) is 0 Å². The summed E-state index contributed by atoms with van der Waals surface area (Å²) in [5, 5.41) is 22.0. The second kappa shape index (κ2) is 13.2. The van der Waals surface area contributed by atoms with E-state index in [9.17, 15) is 18.0 Å². The Hall–Kier alpha value is -3.57. The van der Waals surface area contributed by atoms with Crippen LogP contribution in [0.1, 0.15) is 17.5 Å². The number of amides is 1. The van der Waals surface area contributed by atoms with Crippen molar-refractivity contribution in [2.75, 3.05) is 13.1 Å². The van der Waals surface area contributed by atoms with E-state index in [0.717, 1.165) is 43.0 Å². The van der Waals surface area contributed by atoms with Gasteiger partial charge >= 0.3 is 12.5 Å². The van der Waals surface area contributed by atoms with Crippen LogP contribution in [0.25, 0.3) is 11.3 Å². The van der Waals surface area contributed by atoms with Crippen LogP contribution in [0, 0.1) is 6.92 Å². The van der Waals surface area contributed by atoms with Crippen LogP contribution in [0.4, 0.5) is 18.0 Å². The Morgan fingerprint density at radius 2 is 2.00 bits per heavy atom. The molecule has 1 fully saturated rings. The lowest BCUT2D eigenvalue weighted by Crippen LogP contribution is -2.20. The number of aliphatic hydroxyl groups excluding tert-OH is 1. The van der Waals surface area contributed by atoms with Gasteiger partial charge in [-0.05, 0) is 37.6 Å². The molecule has 8 nitrogen and oxygen atoms in total. The van der Waals surface area contributed by atoms with Gasteiger partial charge in [0.1, 0.15) is 5.75 Å². The van der Waals surface area contributed by atoms with E-state index in [-0.39, 0.29) is 18.4 Å². The zero-order valence-electron chi connectivity index (χ0n) is 18.4. The fourth-order valence-electron chi connectivity index (χ4n) is 2.75. The summed E-state index contributed by atoms with van der Waals surface area (Å²) in [5.74, 6) is 0.437. The molecule has 1 aromatic heterocycles. The highest BCUT2D eigenvalue weighted by Gasteiger charge is 2.31. The predicted molar refractivity (Wildman–Crippen MR) is 118 cm³/mol. The first-order valence-electron chi connectivity index (χ1n) is 10.3. The number of ether oxygens (including phenoxy) is 1. The number of β-amino-alcohol motifs (C(OH)–C–C–N with tert-alkyl or cyclic N) is 1. The van der Waals surface area contributed by atoms with Crippen molar-refractivity contribution in [3.8, 4) is 17.1 Å². The van der Waals surface area contributed by atoms with E-state index < -0.39 is 12.5 Å². The predicted octanol–water partition coefficient (Wildman–Crippen LogP) is 4.34. The van der Waals surface area contributed by atoms with E-state index >= 15 is 0 Å². The maximum atomic E-state index is 11.9. The lowest BCUT2D eigenvalue weighted by Gasteiger charge is -2.09. The maximum Gasteiger partial charge on any atom is 0.573 e. The number of alkyl halides is 3. The van der Waals surface area contributed by atoms with Crippen LogP contribution in [0.3, 0.4) is 0 Å². The number of aliphatic hydroxyl groups is 1. The summed E-state index contributed by atoms with van der Waals surface area (Å²) >= 11 is 0. The zero-order chi connectivity index (χ0) is 25.0. The number of rotatable bonds is 4. The molecule has 1 aliphatic heterocycles. The largest absolute Gasteiger partial charge is 0.573 e. The number of nitrogens with one attached hydrogen (secondary N) is 2. The zero-order valence-corrected chi connectivity index (χ0v) is 18.4. The molecule has 1 aliphatic rings. The molecule has 4 rings (SSSR count). The van der Waals surface area contributed by atoms with E-state index in [0.29, 0.717) is 5.56 Å². The van der Waals surface area contributed by atoms with E-state index in [2.05, 4.69) is 34.1 Å². The van der Waals surface area contributed by atoms with Crippen LogP contribution in [-0.2, 0) is 6.54 Å². The molecule has 0 radical (unpaired) electrons. The third kappa shape index (κ3) is 10.8. The van der Waals surface area contributed by atoms with E-state index in [1.807, 2.05) is 17.4 Å². The number of aryl methyl sites for hydroxylation is 1. The van der Waals surface area contributed by atoms with Crippen molar-refractivity contribution >= 4 is 6.09 Å². The molecule has 0 saturated carbocycles. The number of carboxylic acid groups (broad SMARTS) is 1. The minimum Gasteiger partial charge on any atom is -0.465 e. The second-order valence-electron chi connectivity index (χ2n) is 7.23. The van der Waals surface area contributed by atoms with Gasteiger partial charge in [0.2, 0.25) is 0 Å². The van der Waals surface area contributed by atoms with Gasteiger partial charge in [0.25, 0.3) is 0 Å². The molecule has 1 atom stereocenters. The molecule has 4 N–H and O–H groups in total. The topological polar surface area (TPSA) is 117 Å². The van der Waals surface area contributed by atoms with Gasteiger partial charge in [0.05, 0.1) is 12.3 Å². The molecular weight excluding hydrogens is 455 g/mol. The summed E-state index contributed by atoms with van der Waals surface area (Å²) < 4.78 is 44.4. The summed E-state index contributed by atoms with van der Waals surface area (Å²) in [6, 6.07) is 13.2. The van der Waals surface area contributed by atoms with Gasteiger partial charge in [0, 0.05) is 18.7 Å². The average molecular weight is 481 g/mol. The van der Waals surface area contributed by atoms with Crippen molar-refractivity contribution in [2.24, 2.45) is 0 Å². The van der Waals surface area contributed by atoms with Crippen LogP contribution in [0.2, 0.25) is 0 Å². The second-order valence-corrected chi connectivity index (χ2v) is 7.23. The first kappa shape index (κ1) is 26.7. The molecule has 1 saturated heterocycles. The first-order valence-corrected chi connectivity index (χ1v) is 10.3. The molecule has 1 unspecified atom stereocenters. The van der Waals surface area contributed by atoms with Crippen molar-refractivity contribution in [2.45, 2.75) is 32.4 Å². The van der Waals surface area contributed by atoms with Crippen molar-refractivity contribution in [1.82, 2.24) is 15.6 Å². The first-order chi connectivity index (χ1) is 16.1. The van der Waals surface area contributed by atoms with Crippen LogP contribution >= 0.6 is 0 Å². The van der Waals surface area contributed by atoms with Gasteiger partial charge in [-0.25, -0.2) is 9.78 Å². The smallest absolute Gasteiger partial charge is 0.465 e. The third-order valence-corrected chi connectivity index (χ3v) is 4.38. The lowest BCUT2D eigenvalue weighted by molar-refractivity contribution is -0.274. The number of carbonyl (C=O) groups is 1. The molecular formula is C23H26F3N3O5. The summed E-state index contributed by atoms with van der Waals surface area (Å²) in [6.45, 7) is 3.76. The highest BCUT2D eigenvalue weighted by molar-refractivity contribution is 5.64. The quantitative estimate of drug-likeness (QED) is 0.438. The highest BCUT2D eigenvalue weighted by atomic mass is 19.4. The van der Waals surface area contributed by atoms with Crippen molar-refractivity contribution in [3.63, 3.8) is 0 Å². The monoisotopic (exact) mass is 481 g/mol. The molecule has 1 amide bonds. The number of hydrogen-bond donors (Lipinski definition) is 4. The van der Waals surface area contributed by atoms with Crippen molar-refractivity contribution < 1.29 is 37.3 Å². The molecule has 11 heteroatoms. The Morgan fingerprint density at radius 3 is 2.50 bits per heavy atom. The highest BCUT2D eigenvalue weighted by Crippen LogP contribution is 2.23. The fraction of sp³-hybridized carbons (Fsp3) is 0.304. The minimum atomic E-state index is -4.75. The Balaban J connectivity index is 0.000000198. The van der Waals surface area contributed by atoms with Crippen LogP contribution < -0.4 is 15.4 Å². The summed E-state index contributed by atoms with van der Waals surface area (Å²) in [6.07, 6.45) is -1.98. The number of hydrogen-bond acceptors (Lipinski definition) is 6. The van der Waals surface area contributed by atoms with Gasteiger partial charge in [-0.2, -0.15) is 0 Å². The Labute approximate surface area is 194 Å². The van der Waals surface area contributed by atoms with Crippen LogP contribution in [0.15, 0.2) is 65.5 Å². The Morgan fingerprint density at radius 1 is 1.26 bits per heavy atom. The van der Waals surface area contributed by atoms with E-state index in [4.69, 9.17) is 14.6 Å². The standard InChI is InChI=1S/C10H9NO.C9H8F3NO3.C4H9NO/c1-8-2-4-9(5-3-8)10-6-11-7-12-10;10-9(11,12)16-7-3-1-2-6(4-7)5-13-8(14)15;6-4-1-2-5-3-4/h2-7H,1H3;1-4,13H,5H2,(H,14,15);4-6H,1-3H2. The molecule has 184 valence electrons. The Kier molecular flexibility index (Phi) is 10.4. The fourth-order valence-corrected chi connectivity index (χ4v) is 2.75. The number of benzene rings is 2. The molecule has 3 aromatic rings. The third-order valence-electron chi connectivity index (χ3n) is 4.38. The van der Waals surface area contributed by atoms with E-state index in [1.54, 1.807) is 6.20 Å². The molecule has 0 bridgehead atoms. The SMILES string of the molecule is Cc1ccc(-c2cnco2)cc1.O=C(O)NCc1cccc(OC(F)(F)F)c1.OC1CCNC1. The van der Waals surface area contributed by atoms with Gasteiger partial charge in [-0.1, -0.05) is 42.0 Å². The molecule has 0 spiro atoms. The number of oxazole rings is 1. The van der Waals surface area contributed by atoms with Gasteiger partial charge in [-0.3, -0.25) is 0 Å². The van der Waals surface area contributed by atoms with Crippen LogP contribution in [-0.4, -0.2) is 46.8 Å². The van der Waals surface area contributed by atoms with Crippen molar-refractivity contribution in [3.05, 3.63) is 72.2 Å². The van der Waals surface area contributed by atoms with Gasteiger partial charge in [-0.15, -0.1) is 13.2 Å². The average Bonchev–Trinajstić information content (AvgIpc) is 3.47. The molecule has 2 aromatic carbocycles. The van der Waals surface area contributed by atoms with Crippen LogP contribution in [0.5, 0.6) is 5.75 Å².